The summed E-state index contributed by atoms with van der Waals surface area (Å²) in [6, 6.07) is 20.6. The molecule has 0 aromatic heterocycles. The lowest BCUT2D eigenvalue weighted by Crippen LogP contribution is -2.19. The Hall–Kier alpha value is -3.01. The molecule has 21 heavy (non-hydrogen) atoms. The van der Waals surface area contributed by atoms with Gasteiger partial charge in [0.1, 0.15) is 0 Å². The van der Waals surface area contributed by atoms with Crippen molar-refractivity contribution in [3.8, 4) is 0 Å². The van der Waals surface area contributed by atoms with E-state index in [1.807, 2.05) is 42.5 Å². The number of carbonyl (C=O) groups excluding carboxylic acids is 1. The molecule has 0 saturated carbocycles. The van der Waals surface area contributed by atoms with Crippen molar-refractivity contribution in [3.63, 3.8) is 0 Å². The average molecular weight is 277 g/mol. The van der Waals surface area contributed by atoms with Crippen molar-refractivity contribution in [2.24, 2.45) is 0 Å². The van der Waals surface area contributed by atoms with Crippen LogP contribution in [0.15, 0.2) is 66.7 Å². The Kier molecular flexibility index (Phi) is 3.43. The first-order chi connectivity index (χ1) is 10.2. The number of nitrogens with two attached hydrogens (primary N) is 1. The fourth-order valence-electron chi connectivity index (χ4n) is 2.18. The Bertz CT molecular complexity index is 799. The number of nitrogen functional groups attached to an aromatic ring is 1. The van der Waals surface area contributed by atoms with Crippen molar-refractivity contribution in [3.05, 3.63) is 66.7 Å². The van der Waals surface area contributed by atoms with Crippen LogP contribution in [0.5, 0.6) is 0 Å². The van der Waals surface area contributed by atoms with Gasteiger partial charge in [-0.1, -0.05) is 36.4 Å². The number of rotatable bonds is 2. The van der Waals surface area contributed by atoms with Gasteiger partial charge in [-0.2, -0.15) is 0 Å². The first-order valence-electron chi connectivity index (χ1n) is 6.63. The number of fused-ring (bicyclic) bond motifs is 1. The van der Waals surface area contributed by atoms with Crippen molar-refractivity contribution in [1.29, 1.82) is 0 Å². The molecule has 4 nitrogen and oxygen atoms in total. The Morgan fingerprint density at radius 3 is 2.24 bits per heavy atom. The minimum absolute atomic E-state index is 0.295. The van der Waals surface area contributed by atoms with Crippen LogP contribution >= 0.6 is 0 Å². The number of amides is 2. The molecule has 2 amide bonds. The predicted octanol–water partition coefficient (Wildman–Crippen LogP) is 4.07. The van der Waals surface area contributed by atoms with Gasteiger partial charge in [0.15, 0.2) is 0 Å². The van der Waals surface area contributed by atoms with Gasteiger partial charge in [-0.25, -0.2) is 4.79 Å². The standard InChI is InChI=1S/C17H15N3O/c18-14-6-3-7-15(11-14)19-17(21)20-16-9-8-12-4-1-2-5-13(12)10-16/h1-11H,18H2,(H2,19,20,21). The molecule has 0 fully saturated rings. The van der Waals surface area contributed by atoms with Gasteiger partial charge in [-0.3, -0.25) is 0 Å². The van der Waals surface area contributed by atoms with Gasteiger partial charge in [0.25, 0.3) is 0 Å². The number of benzene rings is 3. The van der Waals surface area contributed by atoms with Crippen LogP contribution in [-0.4, -0.2) is 6.03 Å². The Morgan fingerprint density at radius 1 is 0.762 bits per heavy atom. The summed E-state index contributed by atoms with van der Waals surface area (Å²) in [7, 11) is 0. The molecular formula is C17H15N3O. The smallest absolute Gasteiger partial charge is 0.323 e. The average Bonchev–Trinajstić information content (AvgIpc) is 2.47. The summed E-state index contributed by atoms with van der Waals surface area (Å²) in [4.78, 5) is 12.0. The van der Waals surface area contributed by atoms with E-state index in [4.69, 9.17) is 5.73 Å². The Balaban J connectivity index is 1.74. The fraction of sp³-hybridized carbons (Fsp3) is 0. The van der Waals surface area contributed by atoms with Gasteiger partial charge in [-0.05, 0) is 41.1 Å². The van der Waals surface area contributed by atoms with Crippen LogP contribution in [0.3, 0.4) is 0 Å². The van der Waals surface area contributed by atoms with Crippen molar-refractivity contribution >= 4 is 33.9 Å². The number of carbonyl (C=O) groups is 1. The highest BCUT2D eigenvalue weighted by Gasteiger charge is 2.03. The van der Waals surface area contributed by atoms with E-state index in [0.29, 0.717) is 11.4 Å². The molecule has 3 aromatic rings. The summed E-state index contributed by atoms with van der Waals surface area (Å²) in [5, 5.41) is 7.78. The number of anilines is 3. The van der Waals surface area contributed by atoms with Crippen LogP contribution in [-0.2, 0) is 0 Å². The van der Waals surface area contributed by atoms with Crippen LogP contribution in [0.1, 0.15) is 0 Å². The van der Waals surface area contributed by atoms with E-state index in [0.717, 1.165) is 16.5 Å². The molecular weight excluding hydrogens is 262 g/mol. The lowest BCUT2D eigenvalue weighted by Gasteiger charge is -2.09. The predicted molar refractivity (Wildman–Crippen MR) is 87.4 cm³/mol. The number of hydrogen-bond acceptors (Lipinski definition) is 2. The third kappa shape index (κ3) is 3.12. The largest absolute Gasteiger partial charge is 0.399 e. The van der Waals surface area contributed by atoms with E-state index in [2.05, 4.69) is 10.6 Å². The zero-order valence-corrected chi connectivity index (χ0v) is 11.3. The Morgan fingerprint density at radius 2 is 1.48 bits per heavy atom. The van der Waals surface area contributed by atoms with E-state index >= 15 is 0 Å². The molecule has 0 unspecified atom stereocenters. The summed E-state index contributed by atoms with van der Waals surface area (Å²) in [6.45, 7) is 0. The van der Waals surface area contributed by atoms with Crippen molar-refractivity contribution in [2.45, 2.75) is 0 Å². The van der Waals surface area contributed by atoms with E-state index in [1.165, 1.54) is 0 Å². The Labute approximate surface area is 122 Å². The molecule has 0 aliphatic rings. The van der Waals surface area contributed by atoms with Crippen molar-refractivity contribution in [1.82, 2.24) is 0 Å². The first-order valence-corrected chi connectivity index (χ1v) is 6.63. The van der Waals surface area contributed by atoms with Gasteiger partial charge in [0.2, 0.25) is 0 Å². The molecule has 0 radical (unpaired) electrons. The first kappa shape index (κ1) is 13.0. The van der Waals surface area contributed by atoms with E-state index < -0.39 is 0 Å². The molecule has 104 valence electrons. The van der Waals surface area contributed by atoms with Gasteiger partial charge >= 0.3 is 6.03 Å². The highest BCUT2D eigenvalue weighted by atomic mass is 16.2. The SMILES string of the molecule is Nc1cccc(NC(=O)Nc2ccc3ccccc3c2)c1. The van der Waals surface area contributed by atoms with Crippen molar-refractivity contribution < 1.29 is 4.79 Å². The zero-order valence-electron chi connectivity index (χ0n) is 11.3. The van der Waals surface area contributed by atoms with Crippen LogP contribution < -0.4 is 16.4 Å². The molecule has 0 aliphatic carbocycles. The minimum atomic E-state index is -0.295. The highest BCUT2D eigenvalue weighted by molar-refractivity contribution is 6.01. The van der Waals surface area contributed by atoms with Gasteiger partial charge in [0.05, 0.1) is 0 Å². The van der Waals surface area contributed by atoms with Gasteiger partial charge < -0.3 is 16.4 Å². The summed E-state index contributed by atoms with van der Waals surface area (Å²) in [6.07, 6.45) is 0. The molecule has 3 aromatic carbocycles. The third-order valence-electron chi connectivity index (χ3n) is 3.15. The lowest BCUT2D eigenvalue weighted by molar-refractivity contribution is 0.262. The minimum Gasteiger partial charge on any atom is -0.399 e. The highest BCUT2D eigenvalue weighted by Crippen LogP contribution is 2.19. The molecule has 3 rings (SSSR count). The van der Waals surface area contributed by atoms with Crippen LogP contribution in [0.2, 0.25) is 0 Å². The maximum atomic E-state index is 12.0. The molecule has 4 N–H and O–H groups in total. The molecule has 0 bridgehead atoms. The van der Waals surface area contributed by atoms with Gasteiger partial charge in [0, 0.05) is 17.1 Å². The maximum absolute atomic E-state index is 12.0. The quantitative estimate of drug-likeness (QED) is 0.618. The maximum Gasteiger partial charge on any atom is 0.323 e. The third-order valence-corrected chi connectivity index (χ3v) is 3.15. The molecule has 0 aliphatic heterocycles. The van der Waals surface area contributed by atoms with E-state index in [1.54, 1.807) is 24.3 Å². The topological polar surface area (TPSA) is 67.1 Å². The summed E-state index contributed by atoms with van der Waals surface area (Å²) in [5.41, 5.74) is 7.69. The number of urea groups is 1. The molecule has 4 heteroatoms. The fourth-order valence-corrected chi connectivity index (χ4v) is 2.18. The molecule has 0 heterocycles. The molecule has 0 saturated heterocycles. The second-order valence-corrected chi connectivity index (χ2v) is 4.77. The zero-order chi connectivity index (χ0) is 14.7. The van der Waals surface area contributed by atoms with Gasteiger partial charge in [-0.15, -0.1) is 0 Å². The van der Waals surface area contributed by atoms with E-state index in [-0.39, 0.29) is 6.03 Å². The summed E-state index contributed by atoms with van der Waals surface area (Å²) >= 11 is 0. The van der Waals surface area contributed by atoms with Crippen LogP contribution in [0, 0.1) is 0 Å². The number of hydrogen-bond donors (Lipinski definition) is 3. The van der Waals surface area contributed by atoms with Crippen LogP contribution in [0.25, 0.3) is 10.8 Å². The van der Waals surface area contributed by atoms with Crippen molar-refractivity contribution in [2.75, 3.05) is 16.4 Å². The summed E-state index contributed by atoms with van der Waals surface area (Å²) in [5.74, 6) is 0. The molecule has 0 atom stereocenters. The monoisotopic (exact) mass is 277 g/mol. The summed E-state index contributed by atoms with van der Waals surface area (Å²) < 4.78 is 0. The lowest BCUT2D eigenvalue weighted by atomic mass is 10.1. The second-order valence-electron chi connectivity index (χ2n) is 4.77. The normalized spacial score (nSPS) is 10.3. The van der Waals surface area contributed by atoms with Crippen LogP contribution in [0.4, 0.5) is 21.9 Å². The van der Waals surface area contributed by atoms with E-state index in [9.17, 15) is 4.79 Å². The second kappa shape index (κ2) is 5.54. The number of nitrogens with one attached hydrogen (secondary N) is 2. The molecule has 0 spiro atoms.